The van der Waals surface area contributed by atoms with Crippen LogP contribution in [-0.2, 0) is 0 Å². The summed E-state index contributed by atoms with van der Waals surface area (Å²) in [4.78, 5) is 2.09. The van der Waals surface area contributed by atoms with Gasteiger partial charge in [-0.15, -0.1) is 0 Å². The van der Waals surface area contributed by atoms with Gasteiger partial charge in [-0.1, -0.05) is 18.6 Å². The summed E-state index contributed by atoms with van der Waals surface area (Å²) in [7, 11) is 1.99. The molecule has 0 aliphatic heterocycles. The van der Waals surface area contributed by atoms with Crippen LogP contribution in [0, 0.1) is 12.8 Å². The van der Waals surface area contributed by atoms with Crippen LogP contribution in [0.4, 0.5) is 0 Å². The Morgan fingerprint density at radius 1 is 1.38 bits per heavy atom. The van der Waals surface area contributed by atoms with E-state index in [4.69, 9.17) is 4.74 Å². The molecule has 3 unspecified atom stereocenters. The van der Waals surface area contributed by atoms with E-state index in [-0.39, 0.29) is 6.10 Å². The number of hydrogen-bond acceptors (Lipinski definition) is 4. The van der Waals surface area contributed by atoms with Gasteiger partial charge in [-0.25, -0.2) is 0 Å². The molecule has 1 aromatic carbocycles. The molecule has 3 atom stereocenters. The number of likely N-dealkylation sites (N-methyl/N-ethyl adjacent to an activating group) is 1. The Morgan fingerprint density at radius 3 is 2.86 bits per heavy atom. The first-order valence-electron chi connectivity index (χ1n) is 7.78. The van der Waals surface area contributed by atoms with Gasteiger partial charge in [0.2, 0.25) is 0 Å². The number of aliphatic hydroxyl groups is 2. The van der Waals surface area contributed by atoms with Gasteiger partial charge in [0.15, 0.2) is 0 Å². The van der Waals surface area contributed by atoms with E-state index in [1.165, 1.54) is 0 Å². The van der Waals surface area contributed by atoms with Gasteiger partial charge in [0.1, 0.15) is 18.5 Å². The third kappa shape index (κ3) is 5.30. The fraction of sp³-hybridized carbons (Fsp3) is 0.647. The lowest BCUT2D eigenvalue weighted by atomic mass is 10.1. The highest BCUT2D eigenvalue weighted by atomic mass is 16.5. The molecule has 0 saturated heterocycles. The van der Waals surface area contributed by atoms with E-state index in [9.17, 15) is 10.2 Å². The Bertz CT molecular complexity index is 438. The maximum atomic E-state index is 10.1. The maximum absolute atomic E-state index is 10.1. The Balaban J connectivity index is 1.70. The predicted octanol–water partition coefficient (Wildman–Crippen LogP) is 1.83. The van der Waals surface area contributed by atoms with E-state index in [2.05, 4.69) is 4.90 Å². The van der Waals surface area contributed by atoms with Crippen molar-refractivity contribution in [1.29, 1.82) is 0 Å². The first-order valence-corrected chi connectivity index (χ1v) is 7.78. The average molecular weight is 293 g/mol. The monoisotopic (exact) mass is 293 g/mol. The van der Waals surface area contributed by atoms with Gasteiger partial charge in [0, 0.05) is 13.1 Å². The highest BCUT2D eigenvalue weighted by Gasteiger charge is 2.26. The summed E-state index contributed by atoms with van der Waals surface area (Å²) in [6.45, 7) is 3.71. The van der Waals surface area contributed by atoms with Crippen molar-refractivity contribution in [1.82, 2.24) is 4.90 Å². The Kier molecular flexibility index (Phi) is 6.03. The molecule has 0 spiro atoms. The van der Waals surface area contributed by atoms with E-state index >= 15 is 0 Å². The quantitative estimate of drug-likeness (QED) is 0.805. The lowest BCUT2D eigenvalue weighted by Gasteiger charge is -2.25. The molecule has 0 amide bonds. The van der Waals surface area contributed by atoms with E-state index in [0.29, 0.717) is 19.1 Å². The van der Waals surface area contributed by atoms with E-state index in [1.54, 1.807) is 0 Å². The molecule has 0 radical (unpaired) electrons. The molecular formula is C17H27NO3. The van der Waals surface area contributed by atoms with Crippen LogP contribution in [-0.4, -0.2) is 54.1 Å². The summed E-state index contributed by atoms with van der Waals surface area (Å²) in [5, 5.41) is 19.9. The number of ether oxygens (including phenoxy) is 1. The van der Waals surface area contributed by atoms with Gasteiger partial charge < -0.3 is 19.8 Å². The molecule has 0 heterocycles. The van der Waals surface area contributed by atoms with Crippen LogP contribution in [0.15, 0.2) is 24.3 Å². The summed E-state index contributed by atoms with van der Waals surface area (Å²) in [5.74, 6) is 1.14. The van der Waals surface area contributed by atoms with Gasteiger partial charge in [-0.3, -0.25) is 0 Å². The van der Waals surface area contributed by atoms with Gasteiger partial charge in [0.05, 0.1) is 6.10 Å². The zero-order chi connectivity index (χ0) is 15.2. The summed E-state index contributed by atoms with van der Waals surface area (Å²) in [6, 6.07) is 7.83. The molecule has 2 N–H and O–H groups in total. The smallest absolute Gasteiger partial charge is 0.119 e. The SMILES string of the molecule is Cc1cccc(OCC(O)CN(C)CC2CCCC2O)c1. The largest absolute Gasteiger partial charge is 0.491 e. The number of benzene rings is 1. The first kappa shape index (κ1) is 16.3. The number of aliphatic hydroxyl groups excluding tert-OH is 2. The number of hydrogen-bond donors (Lipinski definition) is 2. The van der Waals surface area contributed by atoms with E-state index in [0.717, 1.165) is 37.1 Å². The van der Waals surface area contributed by atoms with Crippen molar-refractivity contribution >= 4 is 0 Å². The van der Waals surface area contributed by atoms with Crippen LogP contribution in [0.5, 0.6) is 5.75 Å². The topological polar surface area (TPSA) is 52.9 Å². The van der Waals surface area contributed by atoms with Crippen LogP contribution in [0.1, 0.15) is 24.8 Å². The minimum Gasteiger partial charge on any atom is -0.491 e. The maximum Gasteiger partial charge on any atom is 0.119 e. The molecule has 1 aromatic rings. The minimum atomic E-state index is -0.519. The van der Waals surface area contributed by atoms with Crippen LogP contribution in [0.3, 0.4) is 0 Å². The lowest BCUT2D eigenvalue weighted by molar-refractivity contribution is 0.0578. The fourth-order valence-electron chi connectivity index (χ4n) is 3.02. The van der Waals surface area contributed by atoms with E-state index < -0.39 is 6.10 Å². The van der Waals surface area contributed by atoms with Crippen molar-refractivity contribution in [3.05, 3.63) is 29.8 Å². The molecule has 0 aromatic heterocycles. The molecule has 0 bridgehead atoms. The predicted molar refractivity (Wildman–Crippen MR) is 83.5 cm³/mol. The van der Waals surface area contributed by atoms with Gasteiger partial charge in [-0.05, 0) is 50.4 Å². The lowest BCUT2D eigenvalue weighted by Crippen LogP contribution is -2.37. The van der Waals surface area contributed by atoms with Crippen molar-refractivity contribution in [3.63, 3.8) is 0 Å². The normalized spacial score (nSPS) is 23.5. The summed E-state index contributed by atoms with van der Waals surface area (Å²) < 4.78 is 5.61. The Labute approximate surface area is 127 Å². The molecule has 118 valence electrons. The molecule has 1 aliphatic rings. The minimum absolute atomic E-state index is 0.173. The molecule has 4 nitrogen and oxygen atoms in total. The number of nitrogens with zero attached hydrogens (tertiary/aromatic N) is 1. The molecule has 1 aliphatic carbocycles. The van der Waals surface area contributed by atoms with Crippen molar-refractivity contribution in [2.24, 2.45) is 5.92 Å². The zero-order valence-electron chi connectivity index (χ0n) is 13.0. The van der Waals surface area contributed by atoms with Crippen LogP contribution in [0.2, 0.25) is 0 Å². The molecule has 21 heavy (non-hydrogen) atoms. The molecular weight excluding hydrogens is 266 g/mol. The van der Waals surface area contributed by atoms with Crippen molar-refractivity contribution in [2.75, 3.05) is 26.7 Å². The first-order chi connectivity index (χ1) is 10.0. The van der Waals surface area contributed by atoms with Crippen LogP contribution < -0.4 is 4.74 Å². The van der Waals surface area contributed by atoms with E-state index in [1.807, 2.05) is 38.2 Å². The molecule has 1 fully saturated rings. The van der Waals surface area contributed by atoms with Gasteiger partial charge in [0.25, 0.3) is 0 Å². The van der Waals surface area contributed by atoms with Crippen molar-refractivity contribution in [2.45, 2.75) is 38.4 Å². The highest BCUT2D eigenvalue weighted by molar-refractivity contribution is 5.27. The molecule has 1 saturated carbocycles. The summed E-state index contributed by atoms with van der Waals surface area (Å²) in [5.41, 5.74) is 1.15. The molecule has 2 rings (SSSR count). The third-order valence-corrected chi connectivity index (χ3v) is 4.12. The molecule has 4 heteroatoms. The Morgan fingerprint density at radius 2 is 2.19 bits per heavy atom. The standard InChI is InChI=1S/C17H27NO3/c1-13-5-3-7-16(9-13)21-12-15(19)11-18(2)10-14-6-4-8-17(14)20/h3,5,7,9,14-15,17,19-20H,4,6,8,10-12H2,1-2H3. The second-order valence-electron chi connectivity index (χ2n) is 6.26. The zero-order valence-corrected chi connectivity index (χ0v) is 13.0. The summed E-state index contributed by atoms with van der Waals surface area (Å²) in [6.07, 6.45) is 2.42. The average Bonchev–Trinajstić information content (AvgIpc) is 2.82. The number of aryl methyl sites for hydroxylation is 1. The van der Waals surface area contributed by atoms with Gasteiger partial charge >= 0.3 is 0 Å². The fourth-order valence-corrected chi connectivity index (χ4v) is 3.02. The highest BCUT2D eigenvalue weighted by Crippen LogP contribution is 2.26. The van der Waals surface area contributed by atoms with Crippen molar-refractivity contribution in [3.8, 4) is 5.75 Å². The summed E-state index contributed by atoms with van der Waals surface area (Å²) >= 11 is 0. The van der Waals surface area contributed by atoms with Crippen LogP contribution >= 0.6 is 0 Å². The second-order valence-corrected chi connectivity index (χ2v) is 6.26. The van der Waals surface area contributed by atoms with Crippen LogP contribution in [0.25, 0.3) is 0 Å². The third-order valence-electron chi connectivity index (χ3n) is 4.12. The van der Waals surface area contributed by atoms with Gasteiger partial charge in [-0.2, -0.15) is 0 Å². The van der Waals surface area contributed by atoms with Crippen molar-refractivity contribution < 1.29 is 14.9 Å². The second kappa shape index (κ2) is 7.78. The Hall–Kier alpha value is -1.10. The number of rotatable bonds is 7.